The zero-order chi connectivity index (χ0) is 71.9. The van der Waals surface area contributed by atoms with E-state index in [1.807, 2.05) is 66.7 Å². The van der Waals surface area contributed by atoms with Crippen molar-refractivity contribution < 1.29 is 0 Å². The summed E-state index contributed by atoms with van der Waals surface area (Å²) in [5, 5.41) is 0. The minimum Gasteiger partial charge on any atom is -0.238 e. The smallest absolute Gasteiger partial charge is 0.195 e. The predicted molar refractivity (Wildman–Crippen MR) is 437 cm³/mol. The van der Waals surface area contributed by atoms with Crippen molar-refractivity contribution >= 4 is 11.4 Å². The molecule has 2 aliphatic carbocycles. The number of benzene rings is 14. The Morgan fingerprint density at radius 2 is 0.594 bits per heavy atom. The molecule has 0 spiro atoms. The standard InChI is InChI=1S/2C50H35N3/c1-50(2)43-18-11-19-45(51-3)48(43)42-29-28-40(31-44(42)50)36-22-20-34(21-23-36)35-24-26-37(27-25-35)46-32-47(53-49(52-46)38-14-8-5-9-15-38)41-17-10-16-39(30-41)33-12-6-4-7-13-33;1-50(2)44-30-29-39(51-3)31-43(44)48-41(19-12-20-45(48)50)36-25-21-33(22-26-36)34-23-27-38(28-24-34)49-52-46(37-15-8-5-9-16-37)32-47(53-49)42-18-11-10-17-40(42)35-13-6-4-7-14-35/h2*4-32H,1-2H3. The lowest BCUT2D eigenvalue weighted by atomic mass is 9.81. The summed E-state index contributed by atoms with van der Waals surface area (Å²) in [5.74, 6) is 1.39. The minimum atomic E-state index is -0.165. The summed E-state index contributed by atoms with van der Waals surface area (Å²) in [6.07, 6.45) is 0. The SMILES string of the molecule is [C-]#[N+]c1ccc2c(c1)-c1c(-c3ccc(-c4ccc(-c5nc(-c6ccccc6)cc(-c6ccccc6-c6ccccc6)n5)cc4)cc3)cccc1C2(C)C.[C-]#[N+]c1cccc2c1-c1ccc(-c3ccc(-c4ccc(-c5cc(-c6cccc(-c7ccccc7)c6)nc(-c6ccccc6)n5)cc4)cc3)cc1C2(C)C. The quantitative estimate of drug-likeness (QED) is 0.114. The molecule has 106 heavy (non-hydrogen) atoms. The minimum absolute atomic E-state index is 0.126. The molecule has 0 bridgehead atoms. The zero-order valence-corrected chi connectivity index (χ0v) is 59.2. The predicted octanol–water partition coefficient (Wildman–Crippen LogP) is 26.7. The molecule has 6 nitrogen and oxygen atoms in total. The van der Waals surface area contributed by atoms with Gasteiger partial charge in [-0.1, -0.05) is 349 Å². The first-order valence-corrected chi connectivity index (χ1v) is 35.9. The van der Waals surface area contributed by atoms with Crippen molar-refractivity contribution in [1.29, 1.82) is 0 Å². The van der Waals surface area contributed by atoms with E-state index in [0.717, 1.165) is 112 Å². The van der Waals surface area contributed by atoms with Gasteiger partial charge in [0, 0.05) is 44.2 Å². The summed E-state index contributed by atoms with van der Waals surface area (Å²) in [6, 6.07) is 123. The third-order valence-electron chi connectivity index (χ3n) is 21.1. The Morgan fingerprint density at radius 1 is 0.217 bits per heavy atom. The molecule has 18 rings (SSSR count). The topological polar surface area (TPSA) is 60.3 Å². The molecule has 2 aliphatic rings. The van der Waals surface area contributed by atoms with E-state index in [1.165, 1.54) is 61.2 Å². The molecule has 0 N–H and O–H groups in total. The van der Waals surface area contributed by atoms with Crippen LogP contribution in [0.1, 0.15) is 49.9 Å². The van der Waals surface area contributed by atoms with Crippen LogP contribution in [-0.4, -0.2) is 19.9 Å². The second-order valence-electron chi connectivity index (χ2n) is 28.2. The fourth-order valence-electron chi connectivity index (χ4n) is 15.5. The molecule has 14 aromatic carbocycles. The molecule has 2 heterocycles. The van der Waals surface area contributed by atoms with Crippen molar-refractivity contribution in [3.63, 3.8) is 0 Å². The Morgan fingerprint density at radius 3 is 1.19 bits per heavy atom. The molecule has 0 fully saturated rings. The van der Waals surface area contributed by atoms with E-state index in [4.69, 9.17) is 33.1 Å². The Bertz CT molecular complexity index is 6090. The van der Waals surface area contributed by atoms with Gasteiger partial charge in [-0.3, -0.25) is 0 Å². The highest BCUT2D eigenvalue weighted by molar-refractivity contribution is 5.95. The number of hydrogen-bond donors (Lipinski definition) is 0. The molecule has 2 aromatic heterocycles. The van der Waals surface area contributed by atoms with Crippen LogP contribution < -0.4 is 0 Å². The van der Waals surface area contributed by atoms with E-state index in [0.29, 0.717) is 17.3 Å². The number of aromatic nitrogens is 4. The lowest BCUT2D eigenvalue weighted by Gasteiger charge is -2.22. The molecule has 0 amide bonds. The van der Waals surface area contributed by atoms with Gasteiger partial charge in [-0.2, -0.15) is 0 Å². The van der Waals surface area contributed by atoms with Crippen molar-refractivity contribution in [2.24, 2.45) is 0 Å². The Hall–Kier alpha value is -13.8. The number of fused-ring (bicyclic) bond motifs is 6. The molecular formula is C100H70N6. The van der Waals surface area contributed by atoms with Crippen LogP contribution in [0.5, 0.6) is 0 Å². The molecule has 6 heteroatoms. The maximum Gasteiger partial charge on any atom is 0.195 e. The number of hydrogen-bond acceptors (Lipinski definition) is 4. The van der Waals surface area contributed by atoms with Crippen LogP contribution in [0.15, 0.2) is 352 Å². The monoisotopic (exact) mass is 1350 g/mol. The van der Waals surface area contributed by atoms with Crippen molar-refractivity contribution in [3.05, 3.63) is 397 Å². The van der Waals surface area contributed by atoms with Crippen molar-refractivity contribution in [2.75, 3.05) is 0 Å². The Labute approximate surface area is 619 Å². The third kappa shape index (κ3) is 12.3. The fourth-order valence-corrected chi connectivity index (χ4v) is 15.5. The first kappa shape index (κ1) is 65.5. The van der Waals surface area contributed by atoms with Gasteiger partial charge in [0.2, 0.25) is 0 Å². The second-order valence-corrected chi connectivity index (χ2v) is 28.2. The normalized spacial score (nSPS) is 12.5. The highest BCUT2D eigenvalue weighted by Crippen LogP contribution is 2.55. The fraction of sp³-hybridized carbons (Fsp3) is 0.0600. The van der Waals surface area contributed by atoms with Crippen LogP contribution in [0.2, 0.25) is 0 Å². The average molecular weight is 1360 g/mol. The number of rotatable bonds is 12. The van der Waals surface area contributed by atoms with Crippen molar-refractivity contribution in [2.45, 2.75) is 38.5 Å². The molecule has 0 radical (unpaired) electrons. The maximum atomic E-state index is 7.74. The molecule has 0 aliphatic heterocycles. The molecule has 0 saturated carbocycles. The first-order chi connectivity index (χ1) is 51.9. The molecule has 500 valence electrons. The van der Waals surface area contributed by atoms with E-state index in [2.05, 4.69) is 323 Å². The van der Waals surface area contributed by atoms with Crippen LogP contribution in [0.25, 0.3) is 167 Å². The van der Waals surface area contributed by atoms with Gasteiger partial charge in [0.25, 0.3) is 0 Å². The first-order valence-electron chi connectivity index (χ1n) is 35.9. The summed E-state index contributed by atoms with van der Waals surface area (Å²) < 4.78 is 0. The van der Waals surface area contributed by atoms with Gasteiger partial charge in [-0.05, 0) is 142 Å². The van der Waals surface area contributed by atoms with Crippen molar-refractivity contribution in [3.8, 4) is 157 Å². The van der Waals surface area contributed by atoms with Crippen LogP contribution in [0.3, 0.4) is 0 Å². The lowest BCUT2D eigenvalue weighted by Crippen LogP contribution is -2.14. The van der Waals surface area contributed by atoms with Gasteiger partial charge in [-0.25, -0.2) is 29.6 Å². The Balaban J connectivity index is 0.000000156. The highest BCUT2D eigenvalue weighted by atomic mass is 14.9. The van der Waals surface area contributed by atoms with Crippen molar-refractivity contribution in [1.82, 2.24) is 19.9 Å². The summed E-state index contributed by atoms with van der Waals surface area (Å²) in [7, 11) is 0. The molecule has 0 atom stereocenters. The van der Waals surface area contributed by atoms with Gasteiger partial charge in [0.05, 0.1) is 35.9 Å². The van der Waals surface area contributed by atoms with Gasteiger partial charge in [0.15, 0.2) is 23.0 Å². The van der Waals surface area contributed by atoms with E-state index in [9.17, 15) is 0 Å². The largest absolute Gasteiger partial charge is 0.238 e. The lowest BCUT2D eigenvalue weighted by molar-refractivity contribution is 0.660. The van der Waals surface area contributed by atoms with Gasteiger partial charge >= 0.3 is 0 Å². The molecular weight excluding hydrogens is 1290 g/mol. The van der Waals surface area contributed by atoms with Gasteiger partial charge in [0.1, 0.15) is 0 Å². The van der Waals surface area contributed by atoms with Crippen LogP contribution >= 0.6 is 0 Å². The highest BCUT2D eigenvalue weighted by Gasteiger charge is 2.38. The van der Waals surface area contributed by atoms with Gasteiger partial charge in [-0.15, -0.1) is 0 Å². The van der Waals surface area contributed by atoms with Crippen LogP contribution in [-0.2, 0) is 10.8 Å². The van der Waals surface area contributed by atoms with Crippen LogP contribution in [0.4, 0.5) is 11.4 Å². The molecule has 0 unspecified atom stereocenters. The zero-order valence-electron chi connectivity index (χ0n) is 59.2. The van der Waals surface area contributed by atoms with Crippen LogP contribution in [0, 0.1) is 13.1 Å². The average Bonchev–Trinajstić information content (AvgIpc) is 1.58. The molecule has 16 aromatic rings. The molecule has 0 saturated heterocycles. The maximum absolute atomic E-state index is 7.74. The summed E-state index contributed by atoms with van der Waals surface area (Å²) in [4.78, 5) is 27.9. The van der Waals surface area contributed by atoms with E-state index < -0.39 is 0 Å². The summed E-state index contributed by atoms with van der Waals surface area (Å²) >= 11 is 0. The van der Waals surface area contributed by atoms with E-state index in [-0.39, 0.29) is 10.8 Å². The van der Waals surface area contributed by atoms with E-state index in [1.54, 1.807) is 0 Å². The third-order valence-corrected chi connectivity index (χ3v) is 21.1. The summed E-state index contributed by atoms with van der Waals surface area (Å²) in [6.45, 7) is 24.4. The number of nitrogens with zero attached hydrogens (tertiary/aromatic N) is 6. The van der Waals surface area contributed by atoms with Gasteiger partial charge < -0.3 is 0 Å². The van der Waals surface area contributed by atoms with E-state index >= 15 is 0 Å². The Kier molecular flexibility index (Phi) is 17.0. The second kappa shape index (κ2) is 27.5. The summed E-state index contributed by atoms with van der Waals surface area (Å²) in [5.41, 5.74) is 34.4.